The van der Waals surface area contributed by atoms with Crippen LogP contribution in [0.15, 0.2) is 11.6 Å². The van der Waals surface area contributed by atoms with Crippen LogP contribution in [-0.2, 0) is 9.59 Å². The van der Waals surface area contributed by atoms with Crippen molar-refractivity contribution in [3.8, 4) is 0 Å². The predicted molar refractivity (Wildman–Crippen MR) is 56.1 cm³/mol. The maximum Gasteiger partial charge on any atom is 0.256 e. The quantitative estimate of drug-likeness (QED) is 0.670. The summed E-state index contributed by atoms with van der Waals surface area (Å²) in [5, 5.41) is 3.33. The van der Waals surface area contributed by atoms with Gasteiger partial charge >= 0.3 is 0 Å². The van der Waals surface area contributed by atoms with Crippen LogP contribution in [0.4, 0.5) is 0 Å². The summed E-state index contributed by atoms with van der Waals surface area (Å²) in [7, 11) is 0. The van der Waals surface area contributed by atoms with Crippen LogP contribution in [0.5, 0.6) is 0 Å². The molecule has 0 aromatic heterocycles. The second-order valence-corrected chi connectivity index (χ2v) is 4.23. The highest BCUT2D eigenvalue weighted by Gasteiger charge is 2.30. The molecule has 0 radical (unpaired) electrons. The Bertz CT molecular complexity index is 317. The fourth-order valence-corrected chi connectivity index (χ4v) is 2.11. The van der Waals surface area contributed by atoms with Gasteiger partial charge in [-0.3, -0.25) is 14.5 Å². The lowest BCUT2D eigenvalue weighted by atomic mass is 10.0. The minimum Gasteiger partial charge on any atom is -0.312 e. The number of hydrogen-bond donors (Lipinski definition) is 1. The molecule has 1 saturated heterocycles. The number of nitrogens with zero attached hydrogens (tertiary/aromatic N) is 1. The van der Waals surface area contributed by atoms with Crippen molar-refractivity contribution in [3.63, 3.8) is 0 Å². The molecule has 1 fully saturated rings. The number of imide groups is 1. The summed E-state index contributed by atoms with van der Waals surface area (Å²) in [6, 6.07) is 0.283. The molecule has 2 aliphatic heterocycles. The first-order valence-corrected chi connectivity index (χ1v) is 5.46. The molecule has 0 aromatic rings. The number of piperidine rings is 1. The topological polar surface area (TPSA) is 49.4 Å². The Kier molecular flexibility index (Phi) is 2.86. The maximum atomic E-state index is 11.6. The average Bonchev–Trinajstić information content (AvgIpc) is 2.47. The Morgan fingerprint density at radius 3 is 2.80 bits per heavy atom. The second kappa shape index (κ2) is 4.14. The molecule has 0 aliphatic carbocycles. The number of nitrogens with one attached hydrogen (secondary N) is 1. The molecule has 1 unspecified atom stereocenters. The van der Waals surface area contributed by atoms with Crippen LogP contribution in [-0.4, -0.2) is 35.8 Å². The van der Waals surface area contributed by atoms with Crippen molar-refractivity contribution in [2.24, 2.45) is 0 Å². The summed E-state index contributed by atoms with van der Waals surface area (Å²) >= 11 is 0. The molecule has 2 rings (SSSR count). The first-order valence-electron chi connectivity index (χ1n) is 5.46. The summed E-state index contributed by atoms with van der Waals surface area (Å²) in [5.41, 5.74) is 0.552. The van der Waals surface area contributed by atoms with Gasteiger partial charge in [0.1, 0.15) is 0 Å². The fraction of sp³-hybridized carbons (Fsp3) is 0.636. The van der Waals surface area contributed by atoms with Crippen LogP contribution in [0.1, 0.15) is 26.2 Å². The van der Waals surface area contributed by atoms with Crippen molar-refractivity contribution in [2.45, 2.75) is 32.2 Å². The maximum absolute atomic E-state index is 11.6. The molecular weight excluding hydrogens is 192 g/mol. The summed E-state index contributed by atoms with van der Waals surface area (Å²) in [4.78, 5) is 24.4. The summed E-state index contributed by atoms with van der Waals surface area (Å²) < 4.78 is 0. The highest BCUT2D eigenvalue weighted by atomic mass is 16.2. The van der Waals surface area contributed by atoms with Gasteiger partial charge in [0.25, 0.3) is 11.8 Å². The van der Waals surface area contributed by atoms with E-state index in [9.17, 15) is 9.59 Å². The van der Waals surface area contributed by atoms with Gasteiger partial charge in [-0.05, 0) is 26.3 Å². The van der Waals surface area contributed by atoms with E-state index >= 15 is 0 Å². The van der Waals surface area contributed by atoms with Crippen molar-refractivity contribution >= 4 is 11.8 Å². The van der Waals surface area contributed by atoms with Gasteiger partial charge in [0, 0.05) is 24.2 Å². The van der Waals surface area contributed by atoms with Crippen LogP contribution >= 0.6 is 0 Å². The summed E-state index contributed by atoms with van der Waals surface area (Å²) in [5.74, 6) is -0.294. The third-order valence-corrected chi connectivity index (χ3v) is 3.00. The highest BCUT2D eigenvalue weighted by Crippen LogP contribution is 2.15. The van der Waals surface area contributed by atoms with Crippen molar-refractivity contribution < 1.29 is 9.59 Å². The molecule has 0 spiro atoms. The normalized spacial score (nSPS) is 27.1. The smallest absolute Gasteiger partial charge is 0.256 e. The molecule has 0 aromatic carbocycles. The van der Waals surface area contributed by atoms with Gasteiger partial charge in [0.2, 0.25) is 0 Å². The van der Waals surface area contributed by atoms with Crippen molar-refractivity contribution in [2.75, 3.05) is 13.1 Å². The SMILES string of the molecule is CC1=CC(=O)N(CC2CCCCN2)C1=O. The average molecular weight is 208 g/mol. The van der Waals surface area contributed by atoms with Crippen LogP contribution in [0.3, 0.4) is 0 Å². The largest absolute Gasteiger partial charge is 0.312 e. The summed E-state index contributed by atoms with van der Waals surface area (Å²) in [6.07, 6.45) is 4.84. The van der Waals surface area contributed by atoms with Gasteiger partial charge in [0.15, 0.2) is 0 Å². The molecule has 4 nitrogen and oxygen atoms in total. The molecule has 2 amide bonds. The molecule has 0 saturated carbocycles. The van der Waals surface area contributed by atoms with Crippen LogP contribution in [0.25, 0.3) is 0 Å². The van der Waals surface area contributed by atoms with E-state index in [0.29, 0.717) is 12.1 Å². The van der Waals surface area contributed by atoms with Gasteiger partial charge in [0.05, 0.1) is 0 Å². The summed E-state index contributed by atoms with van der Waals surface area (Å²) in [6.45, 7) is 3.20. The molecule has 0 bridgehead atoms. The Hall–Kier alpha value is -1.16. The van der Waals surface area contributed by atoms with Crippen LogP contribution < -0.4 is 5.32 Å². The molecule has 2 heterocycles. The zero-order valence-corrected chi connectivity index (χ0v) is 8.95. The second-order valence-electron chi connectivity index (χ2n) is 4.23. The van der Waals surface area contributed by atoms with E-state index in [4.69, 9.17) is 0 Å². The first kappa shape index (κ1) is 10.4. The minimum absolute atomic E-state index is 0.132. The van der Waals surface area contributed by atoms with Crippen LogP contribution in [0.2, 0.25) is 0 Å². The fourth-order valence-electron chi connectivity index (χ4n) is 2.11. The third kappa shape index (κ3) is 2.09. The van der Waals surface area contributed by atoms with Crippen LogP contribution in [0, 0.1) is 0 Å². The van der Waals surface area contributed by atoms with E-state index < -0.39 is 0 Å². The monoisotopic (exact) mass is 208 g/mol. The van der Waals surface area contributed by atoms with E-state index in [1.807, 2.05) is 0 Å². The number of hydrogen-bond acceptors (Lipinski definition) is 3. The molecule has 2 aliphatic rings. The van der Waals surface area contributed by atoms with E-state index in [0.717, 1.165) is 13.0 Å². The third-order valence-electron chi connectivity index (χ3n) is 3.00. The van der Waals surface area contributed by atoms with Gasteiger partial charge in [-0.25, -0.2) is 0 Å². The van der Waals surface area contributed by atoms with Gasteiger partial charge < -0.3 is 5.32 Å². The Labute approximate surface area is 89.3 Å². The lowest BCUT2D eigenvalue weighted by molar-refractivity contribution is -0.137. The molecule has 15 heavy (non-hydrogen) atoms. The lowest BCUT2D eigenvalue weighted by Gasteiger charge is -2.27. The lowest BCUT2D eigenvalue weighted by Crippen LogP contribution is -2.45. The number of amides is 2. The van der Waals surface area contributed by atoms with Gasteiger partial charge in [-0.15, -0.1) is 0 Å². The molecule has 82 valence electrons. The first-order chi connectivity index (χ1) is 7.18. The standard InChI is InChI=1S/C11H16N2O2/c1-8-6-10(14)13(11(8)15)7-9-4-2-3-5-12-9/h6,9,12H,2-5,7H2,1H3. The number of carbonyl (C=O) groups is 2. The van der Waals surface area contributed by atoms with E-state index in [1.165, 1.54) is 23.8 Å². The van der Waals surface area contributed by atoms with Gasteiger partial charge in [-0.1, -0.05) is 6.42 Å². The number of carbonyl (C=O) groups excluding carboxylic acids is 2. The molecule has 1 atom stereocenters. The molecular formula is C11H16N2O2. The van der Waals surface area contributed by atoms with Gasteiger partial charge in [-0.2, -0.15) is 0 Å². The predicted octanol–water partition coefficient (Wildman–Crippen LogP) is 0.444. The van der Waals surface area contributed by atoms with E-state index in [2.05, 4.69) is 5.32 Å². The zero-order valence-electron chi connectivity index (χ0n) is 8.95. The minimum atomic E-state index is -0.162. The Balaban J connectivity index is 1.95. The van der Waals surface area contributed by atoms with E-state index in [1.54, 1.807) is 6.92 Å². The van der Waals surface area contributed by atoms with Crippen molar-refractivity contribution in [1.82, 2.24) is 10.2 Å². The van der Waals surface area contributed by atoms with E-state index in [-0.39, 0.29) is 17.9 Å². The Morgan fingerprint density at radius 1 is 1.47 bits per heavy atom. The Morgan fingerprint density at radius 2 is 2.27 bits per heavy atom. The zero-order chi connectivity index (χ0) is 10.8. The highest BCUT2D eigenvalue weighted by molar-refractivity contribution is 6.15. The molecule has 1 N–H and O–H groups in total. The number of rotatable bonds is 2. The van der Waals surface area contributed by atoms with Crippen molar-refractivity contribution in [1.29, 1.82) is 0 Å². The molecule has 4 heteroatoms. The van der Waals surface area contributed by atoms with Crippen molar-refractivity contribution in [3.05, 3.63) is 11.6 Å².